The highest BCUT2D eigenvalue weighted by molar-refractivity contribution is 7.99. The molecular weight excluding hydrogens is 282 g/mol. The first-order valence-corrected chi connectivity index (χ1v) is 8.17. The molecule has 2 heterocycles. The van der Waals surface area contributed by atoms with E-state index in [9.17, 15) is 0 Å². The minimum absolute atomic E-state index is 0.724. The van der Waals surface area contributed by atoms with E-state index >= 15 is 0 Å². The topological polar surface area (TPSA) is 39.9 Å². The lowest BCUT2D eigenvalue weighted by Crippen LogP contribution is -2.27. The Kier molecular flexibility index (Phi) is 4.72. The fourth-order valence-corrected chi connectivity index (χ4v) is 3.31. The van der Waals surface area contributed by atoms with Crippen molar-refractivity contribution in [2.45, 2.75) is 18.1 Å². The molecule has 1 saturated heterocycles. The summed E-state index contributed by atoms with van der Waals surface area (Å²) < 4.78 is 7.34. The summed E-state index contributed by atoms with van der Waals surface area (Å²) in [6, 6.07) is 10.2. The van der Waals surface area contributed by atoms with Crippen molar-refractivity contribution in [1.82, 2.24) is 14.8 Å². The Morgan fingerprint density at radius 2 is 2.10 bits per heavy atom. The van der Waals surface area contributed by atoms with Gasteiger partial charge in [-0.1, -0.05) is 48.2 Å². The number of ether oxygens (including phenoxy) is 1. The van der Waals surface area contributed by atoms with Crippen LogP contribution in [-0.4, -0.2) is 33.7 Å². The Labute approximate surface area is 129 Å². The van der Waals surface area contributed by atoms with Gasteiger partial charge in [0.1, 0.15) is 0 Å². The van der Waals surface area contributed by atoms with E-state index < -0.39 is 0 Å². The van der Waals surface area contributed by atoms with E-state index in [2.05, 4.69) is 33.5 Å². The van der Waals surface area contributed by atoms with Crippen LogP contribution in [0.5, 0.6) is 0 Å². The highest BCUT2D eigenvalue weighted by Crippen LogP contribution is 2.26. The molecule has 0 aliphatic carbocycles. The van der Waals surface area contributed by atoms with E-state index in [1.165, 1.54) is 6.42 Å². The standard InChI is InChI=1S/C16H19N3OS/c1-2-9-19-15(14-6-4-3-5-7-14)17-18-16(19)21-10-8-13-11-20-12-13/h2-7,13H,1,8-12H2. The van der Waals surface area contributed by atoms with Crippen LogP contribution in [0.2, 0.25) is 0 Å². The van der Waals surface area contributed by atoms with Crippen LogP contribution in [-0.2, 0) is 11.3 Å². The van der Waals surface area contributed by atoms with Crippen LogP contribution in [0.1, 0.15) is 6.42 Å². The molecule has 4 nitrogen and oxygen atoms in total. The molecule has 0 spiro atoms. The Balaban J connectivity index is 1.73. The largest absolute Gasteiger partial charge is 0.381 e. The van der Waals surface area contributed by atoms with E-state index in [4.69, 9.17) is 4.74 Å². The molecule has 110 valence electrons. The van der Waals surface area contributed by atoms with Gasteiger partial charge in [-0.15, -0.1) is 16.8 Å². The summed E-state index contributed by atoms with van der Waals surface area (Å²) in [5.41, 5.74) is 1.09. The number of aromatic nitrogens is 3. The number of hydrogen-bond acceptors (Lipinski definition) is 4. The van der Waals surface area contributed by atoms with Gasteiger partial charge in [0, 0.05) is 23.8 Å². The van der Waals surface area contributed by atoms with Crippen molar-refractivity contribution in [2.75, 3.05) is 19.0 Å². The van der Waals surface area contributed by atoms with Gasteiger partial charge < -0.3 is 4.74 Å². The third-order valence-electron chi connectivity index (χ3n) is 3.52. The molecular formula is C16H19N3OS. The van der Waals surface area contributed by atoms with Crippen molar-refractivity contribution in [3.8, 4) is 11.4 Å². The number of rotatable bonds is 7. The molecule has 1 aliphatic rings. The zero-order chi connectivity index (χ0) is 14.5. The SMILES string of the molecule is C=CCn1c(SCCC2COC2)nnc1-c1ccccc1. The number of benzene rings is 1. The third kappa shape index (κ3) is 3.36. The second-order valence-electron chi connectivity index (χ2n) is 5.11. The zero-order valence-corrected chi connectivity index (χ0v) is 12.8. The van der Waals surface area contributed by atoms with Crippen molar-refractivity contribution in [3.63, 3.8) is 0 Å². The van der Waals surface area contributed by atoms with E-state index in [0.717, 1.165) is 48.0 Å². The fourth-order valence-electron chi connectivity index (χ4n) is 2.26. The summed E-state index contributed by atoms with van der Waals surface area (Å²) in [7, 11) is 0. The van der Waals surface area contributed by atoms with Gasteiger partial charge in [0.2, 0.25) is 0 Å². The van der Waals surface area contributed by atoms with Crippen molar-refractivity contribution in [1.29, 1.82) is 0 Å². The summed E-state index contributed by atoms with van der Waals surface area (Å²) in [6.45, 7) is 6.39. The molecule has 0 radical (unpaired) electrons. The molecule has 0 unspecified atom stereocenters. The molecule has 5 heteroatoms. The molecule has 1 fully saturated rings. The second-order valence-corrected chi connectivity index (χ2v) is 6.17. The Hall–Kier alpha value is -1.59. The van der Waals surface area contributed by atoms with Gasteiger partial charge in [0.15, 0.2) is 11.0 Å². The van der Waals surface area contributed by atoms with Crippen LogP contribution in [0, 0.1) is 5.92 Å². The van der Waals surface area contributed by atoms with E-state index in [1.54, 1.807) is 11.8 Å². The zero-order valence-electron chi connectivity index (χ0n) is 11.9. The van der Waals surface area contributed by atoms with Gasteiger partial charge in [-0.3, -0.25) is 4.57 Å². The normalized spacial score (nSPS) is 14.9. The highest BCUT2D eigenvalue weighted by Gasteiger charge is 2.19. The minimum Gasteiger partial charge on any atom is -0.381 e. The summed E-state index contributed by atoms with van der Waals surface area (Å²) >= 11 is 1.77. The minimum atomic E-state index is 0.724. The molecule has 0 saturated carbocycles. The molecule has 0 amide bonds. The first kappa shape index (κ1) is 14.4. The van der Waals surface area contributed by atoms with Crippen LogP contribution < -0.4 is 0 Å². The molecule has 1 aromatic carbocycles. The number of thioether (sulfide) groups is 1. The Bertz CT molecular complexity index is 593. The second kappa shape index (κ2) is 6.91. The van der Waals surface area contributed by atoms with Crippen LogP contribution in [0.25, 0.3) is 11.4 Å². The number of nitrogens with zero attached hydrogens (tertiary/aromatic N) is 3. The molecule has 0 N–H and O–H groups in total. The molecule has 0 bridgehead atoms. The first-order valence-electron chi connectivity index (χ1n) is 7.18. The van der Waals surface area contributed by atoms with E-state index in [1.807, 2.05) is 24.3 Å². The quantitative estimate of drug-likeness (QED) is 0.581. The lowest BCUT2D eigenvalue weighted by Gasteiger charge is -2.25. The van der Waals surface area contributed by atoms with Crippen molar-refractivity contribution in [2.24, 2.45) is 5.92 Å². The van der Waals surface area contributed by atoms with E-state index in [-0.39, 0.29) is 0 Å². The van der Waals surface area contributed by atoms with Crippen molar-refractivity contribution < 1.29 is 4.74 Å². The van der Waals surface area contributed by atoms with Gasteiger partial charge >= 0.3 is 0 Å². The van der Waals surface area contributed by atoms with Crippen LogP contribution in [0.4, 0.5) is 0 Å². The summed E-state index contributed by atoms with van der Waals surface area (Å²) in [5, 5.41) is 9.67. The Morgan fingerprint density at radius 3 is 2.76 bits per heavy atom. The molecule has 21 heavy (non-hydrogen) atoms. The lowest BCUT2D eigenvalue weighted by atomic mass is 10.1. The smallest absolute Gasteiger partial charge is 0.191 e. The number of allylic oxidation sites excluding steroid dienone is 1. The molecule has 3 rings (SSSR count). The average molecular weight is 301 g/mol. The molecule has 1 aliphatic heterocycles. The number of hydrogen-bond donors (Lipinski definition) is 0. The maximum Gasteiger partial charge on any atom is 0.191 e. The highest BCUT2D eigenvalue weighted by atomic mass is 32.2. The average Bonchev–Trinajstić information content (AvgIpc) is 2.86. The van der Waals surface area contributed by atoms with Crippen molar-refractivity contribution in [3.05, 3.63) is 43.0 Å². The van der Waals surface area contributed by atoms with Gasteiger partial charge in [0.05, 0.1) is 13.2 Å². The molecule has 1 aromatic heterocycles. The molecule has 0 atom stereocenters. The van der Waals surface area contributed by atoms with Gasteiger partial charge in [-0.05, 0) is 6.42 Å². The van der Waals surface area contributed by atoms with Gasteiger partial charge in [-0.25, -0.2) is 0 Å². The monoisotopic (exact) mass is 301 g/mol. The lowest BCUT2D eigenvalue weighted by molar-refractivity contribution is -0.0326. The first-order chi connectivity index (χ1) is 10.4. The summed E-state index contributed by atoms with van der Waals surface area (Å²) in [5.74, 6) is 2.69. The predicted molar refractivity (Wildman–Crippen MR) is 85.3 cm³/mol. The van der Waals surface area contributed by atoms with E-state index in [0.29, 0.717) is 0 Å². The van der Waals surface area contributed by atoms with Crippen LogP contribution in [0.3, 0.4) is 0 Å². The fraction of sp³-hybridized carbons (Fsp3) is 0.375. The maximum absolute atomic E-state index is 5.21. The van der Waals surface area contributed by atoms with Crippen LogP contribution >= 0.6 is 11.8 Å². The third-order valence-corrected chi connectivity index (χ3v) is 4.52. The Morgan fingerprint density at radius 1 is 1.29 bits per heavy atom. The van der Waals surface area contributed by atoms with Gasteiger partial charge in [0.25, 0.3) is 0 Å². The maximum atomic E-state index is 5.21. The van der Waals surface area contributed by atoms with Gasteiger partial charge in [-0.2, -0.15) is 0 Å². The van der Waals surface area contributed by atoms with Crippen molar-refractivity contribution >= 4 is 11.8 Å². The van der Waals surface area contributed by atoms with Crippen LogP contribution in [0.15, 0.2) is 48.1 Å². The predicted octanol–water partition coefficient (Wildman–Crippen LogP) is 3.26. The summed E-state index contributed by atoms with van der Waals surface area (Å²) in [6.07, 6.45) is 3.06. The molecule has 2 aromatic rings. The summed E-state index contributed by atoms with van der Waals surface area (Å²) in [4.78, 5) is 0.